The van der Waals surface area contributed by atoms with Crippen LogP contribution in [-0.2, 0) is 4.79 Å². The number of nitrogens with zero attached hydrogens (tertiary/aromatic N) is 1. The van der Waals surface area contributed by atoms with E-state index in [-0.39, 0.29) is 12.6 Å². The number of hydrogen-bond acceptors (Lipinski definition) is 3. The Morgan fingerprint density at radius 1 is 1.31 bits per heavy atom. The summed E-state index contributed by atoms with van der Waals surface area (Å²) in [6.45, 7) is 5.49. The van der Waals surface area contributed by atoms with Crippen molar-refractivity contribution in [3.05, 3.63) is 0 Å². The quantitative estimate of drug-likeness (QED) is 0.613. The first-order valence-electron chi connectivity index (χ1n) is 5.31. The SMILES string of the molecule is CC(C)N(CCCO)C(=O)N[C@H](C)C(=O)O. The Morgan fingerprint density at radius 2 is 1.88 bits per heavy atom. The summed E-state index contributed by atoms with van der Waals surface area (Å²) < 4.78 is 0. The smallest absolute Gasteiger partial charge is 0.325 e. The van der Waals surface area contributed by atoms with Gasteiger partial charge in [-0.15, -0.1) is 0 Å². The summed E-state index contributed by atoms with van der Waals surface area (Å²) in [7, 11) is 0. The van der Waals surface area contributed by atoms with E-state index in [1.807, 2.05) is 13.8 Å². The fourth-order valence-electron chi connectivity index (χ4n) is 1.17. The number of amides is 2. The summed E-state index contributed by atoms with van der Waals surface area (Å²) in [4.78, 5) is 23.7. The van der Waals surface area contributed by atoms with Gasteiger partial charge in [-0.25, -0.2) is 4.79 Å². The van der Waals surface area contributed by atoms with Crippen LogP contribution < -0.4 is 5.32 Å². The molecular formula is C10H20N2O4. The van der Waals surface area contributed by atoms with Gasteiger partial charge in [0, 0.05) is 19.2 Å². The van der Waals surface area contributed by atoms with Crippen molar-refractivity contribution < 1.29 is 19.8 Å². The molecule has 0 aromatic rings. The van der Waals surface area contributed by atoms with Gasteiger partial charge in [-0.3, -0.25) is 4.79 Å². The number of carboxylic acids is 1. The number of carbonyl (C=O) groups excluding carboxylic acids is 1. The third-order valence-electron chi connectivity index (χ3n) is 2.15. The van der Waals surface area contributed by atoms with Crippen LogP contribution in [0.5, 0.6) is 0 Å². The van der Waals surface area contributed by atoms with Gasteiger partial charge >= 0.3 is 12.0 Å². The third-order valence-corrected chi connectivity index (χ3v) is 2.15. The zero-order chi connectivity index (χ0) is 12.7. The van der Waals surface area contributed by atoms with Crippen molar-refractivity contribution in [3.63, 3.8) is 0 Å². The summed E-state index contributed by atoms with van der Waals surface area (Å²) >= 11 is 0. The van der Waals surface area contributed by atoms with Crippen molar-refractivity contribution in [2.24, 2.45) is 0 Å². The molecule has 6 nitrogen and oxygen atoms in total. The Morgan fingerprint density at radius 3 is 2.25 bits per heavy atom. The Kier molecular flexibility index (Phi) is 6.48. The number of nitrogens with one attached hydrogen (secondary N) is 1. The average molecular weight is 232 g/mol. The van der Waals surface area contributed by atoms with Crippen molar-refractivity contribution in [2.75, 3.05) is 13.2 Å². The Balaban J connectivity index is 4.32. The van der Waals surface area contributed by atoms with E-state index < -0.39 is 18.0 Å². The zero-order valence-corrected chi connectivity index (χ0v) is 9.93. The lowest BCUT2D eigenvalue weighted by Crippen LogP contribution is -2.49. The van der Waals surface area contributed by atoms with E-state index in [4.69, 9.17) is 10.2 Å². The summed E-state index contributed by atoms with van der Waals surface area (Å²) in [6, 6.07) is -1.37. The van der Waals surface area contributed by atoms with Gasteiger partial charge in [0.05, 0.1) is 0 Å². The fourth-order valence-corrected chi connectivity index (χ4v) is 1.17. The van der Waals surface area contributed by atoms with Gasteiger partial charge in [0.25, 0.3) is 0 Å². The van der Waals surface area contributed by atoms with Gasteiger partial charge in [0.15, 0.2) is 0 Å². The van der Waals surface area contributed by atoms with Gasteiger partial charge in [0.1, 0.15) is 6.04 Å². The van der Waals surface area contributed by atoms with Crippen LogP contribution >= 0.6 is 0 Å². The van der Waals surface area contributed by atoms with Gasteiger partial charge < -0.3 is 20.4 Å². The van der Waals surface area contributed by atoms with Crippen LogP contribution in [0.1, 0.15) is 27.2 Å². The van der Waals surface area contributed by atoms with Crippen molar-refractivity contribution in [1.82, 2.24) is 10.2 Å². The first kappa shape index (κ1) is 14.7. The van der Waals surface area contributed by atoms with Crippen molar-refractivity contribution in [3.8, 4) is 0 Å². The number of hydrogen-bond donors (Lipinski definition) is 3. The molecule has 0 aliphatic carbocycles. The first-order chi connectivity index (χ1) is 7.40. The van der Waals surface area contributed by atoms with Gasteiger partial charge in [-0.1, -0.05) is 0 Å². The normalized spacial score (nSPS) is 12.3. The maximum Gasteiger partial charge on any atom is 0.325 e. The molecule has 0 saturated heterocycles. The van der Waals surface area contributed by atoms with Crippen molar-refractivity contribution in [2.45, 2.75) is 39.3 Å². The molecule has 0 fully saturated rings. The Hall–Kier alpha value is -1.30. The maximum absolute atomic E-state index is 11.7. The topological polar surface area (TPSA) is 89.9 Å². The minimum atomic E-state index is -1.07. The summed E-state index contributed by atoms with van der Waals surface area (Å²) in [5, 5.41) is 19.7. The molecule has 6 heteroatoms. The lowest BCUT2D eigenvalue weighted by atomic mass is 10.3. The number of rotatable bonds is 6. The van der Waals surface area contributed by atoms with E-state index in [1.54, 1.807) is 0 Å². The molecule has 0 spiro atoms. The summed E-state index contributed by atoms with van der Waals surface area (Å²) in [6.07, 6.45) is 0.479. The highest BCUT2D eigenvalue weighted by Crippen LogP contribution is 2.01. The molecule has 0 rings (SSSR count). The van der Waals surface area contributed by atoms with E-state index in [9.17, 15) is 9.59 Å². The third kappa shape index (κ3) is 4.97. The van der Waals surface area contributed by atoms with E-state index in [0.29, 0.717) is 13.0 Å². The van der Waals surface area contributed by atoms with Crippen LogP contribution in [0, 0.1) is 0 Å². The van der Waals surface area contributed by atoms with Crippen LogP contribution in [0.25, 0.3) is 0 Å². The molecule has 3 N–H and O–H groups in total. The largest absolute Gasteiger partial charge is 0.480 e. The summed E-state index contributed by atoms with van der Waals surface area (Å²) in [5.41, 5.74) is 0. The number of aliphatic hydroxyl groups excluding tert-OH is 1. The van der Waals surface area contributed by atoms with Crippen LogP contribution in [0.2, 0.25) is 0 Å². The second kappa shape index (κ2) is 7.05. The van der Waals surface area contributed by atoms with Crippen LogP contribution in [0.15, 0.2) is 0 Å². The van der Waals surface area contributed by atoms with Crippen molar-refractivity contribution >= 4 is 12.0 Å². The van der Waals surface area contributed by atoms with Crippen LogP contribution in [0.4, 0.5) is 4.79 Å². The number of aliphatic hydroxyl groups is 1. The second-order valence-electron chi connectivity index (χ2n) is 3.87. The van der Waals surface area contributed by atoms with E-state index in [2.05, 4.69) is 5.32 Å². The van der Waals surface area contributed by atoms with Crippen LogP contribution in [0.3, 0.4) is 0 Å². The average Bonchev–Trinajstić information content (AvgIpc) is 2.17. The molecule has 16 heavy (non-hydrogen) atoms. The minimum absolute atomic E-state index is 0.00494. The van der Waals surface area contributed by atoms with Gasteiger partial charge in [0.2, 0.25) is 0 Å². The second-order valence-corrected chi connectivity index (χ2v) is 3.87. The number of urea groups is 1. The predicted octanol–water partition coefficient (Wildman–Crippen LogP) is 0.262. The number of aliphatic carboxylic acids is 1. The maximum atomic E-state index is 11.7. The molecule has 0 unspecified atom stereocenters. The predicted molar refractivity (Wildman–Crippen MR) is 59.2 cm³/mol. The molecule has 0 aromatic carbocycles. The highest BCUT2D eigenvalue weighted by atomic mass is 16.4. The molecule has 0 aliphatic heterocycles. The van der Waals surface area contributed by atoms with Gasteiger partial charge in [-0.2, -0.15) is 0 Å². The lowest BCUT2D eigenvalue weighted by Gasteiger charge is -2.27. The molecule has 0 aromatic heterocycles. The Labute approximate surface area is 95.2 Å². The molecular weight excluding hydrogens is 212 g/mol. The molecule has 0 bridgehead atoms. The number of carbonyl (C=O) groups is 2. The molecule has 0 aliphatic rings. The van der Waals surface area contributed by atoms with Crippen LogP contribution in [-0.4, -0.2) is 52.3 Å². The van der Waals surface area contributed by atoms with Crippen molar-refractivity contribution in [1.29, 1.82) is 0 Å². The molecule has 2 amide bonds. The monoisotopic (exact) mass is 232 g/mol. The Bertz CT molecular complexity index is 243. The van der Waals surface area contributed by atoms with E-state index in [0.717, 1.165) is 0 Å². The molecule has 1 atom stereocenters. The minimum Gasteiger partial charge on any atom is -0.480 e. The highest BCUT2D eigenvalue weighted by Gasteiger charge is 2.20. The fraction of sp³-hybridized carbons (Fsp3) is 0.800. The molecule has 0 heterocycles. The standard InChI is InChI=1S/C10H20N2O4/c1-7(2)12(5-4-6-13)10(16)11-8(3)9(14)15/h7-8,13H,4-6H2,1-3H3,(H,11,16)(H,14,15)/t8-/m1/s1. The highest BCUT2D eigenvalue weighted by molar-refractivity contribution is 5.82. The molecule has 94 valence electrons. The van der Waals surface area contributed by atoms with E-state index >= 15 is 0 Å². The number of carboxylic acid groups (broad SMARTS) is 1. The van der Waals surface area contributed by atoms with E-state index in [1.165, 1.54) is 11.8 Å². The zero-order valence-electron chi connectivity index (χ0n) is 9.93. The molecule has 0 saturated carbocycles. The first-order valence-corrected chi connectivity index (χ1v) is 5.31. The van der Waals surface area contributed by atoms with Gasteiger partial charge in [-0.05, 0) is 27.2 Å². The molecule has 0 radical (unpaired) electrons. The lowest BCUT2D eigenvalue weighted by molar-refractivity contribution is -0.138. The summed E-state index contributed by atoms with van der Waals surface area (Å²) in [5.74, 6) is -1.07.